The Bertz CT molecular complexity index is 1160. The van der Waals surface area contributed by atoms with Crippen LogP contribution >= 0.6 is 11.6 Å². The first-order chi connectivity index (χ1) is 13.5. The van der Waals surface area contributed by atoms with E-state index in [2.05, 4.69) is 30.4 Å². The molecule has 1 fully saturated rings. The van der Waals surface area contributed by atoms with Gasteiger partial charge in [-0.3, -0.25) is 0 Å². The van der Waals surface area contributed by atoms with Gasteiger partial charge in [-0.1, -0.05) is 11.6 Å². The van der Waals surface area contributed by atoms with Crippen molar-refractivity contribution in [3.63, 3.8) is 0 Å². The summed E-state index contributed by atoms with van der Waals surface area (Å²) >= 11 is 6.11. The quantitative estimate of drug-likeness (QED) is 0.532. The lowest BCUT2D eigenvalue weighted by Crippen LogP contribution is -2.32. The van der Waals surface area contributed by atoms with Crippen molar-refractivity contribution in [3.05, 3.63) is 35.9 Å². The molecule has 4 heterocycles. The van der Waals surface area contributed by atoms with E-state index in [1.807, 2.05) is 18.3 Å². The average molecular weight is 404 g/mol. The van der Waals surface area contributed by atoms with Crippen LogP contribution in [0, 0.1) is 0 Å². The molecule has 0 amide bonds. The van der Waals surface area contributed by atoms with E-state index in [0.29, 0.717) is 40.9 Å². The maximum absolute atomic E-state index is 13.3. The predicted molar refractivity (Wildman–Crippen MR) is 102 cm³/mol. The van der Waals surface area contributed by atoms with Gasteiger partial charge >= 0.3 is 0 Å². The summed E-state index contributed by atoms with van der Waals surface area (Å²) in [7, 11) is 0. The van der Waals surface area contributed by atoms with Gasteiger partial charge in [0.15, 0.2) is 10.8 Å². The van der Waals surface area contributed by atoms with Crippen LogP contribution in [-0.4, -0.2) is 41.5 Å². The fraction of sp³-hybridized carbons (Fsp3) is 0.333. The van der Waals surface area contributed by atoms with Crippen LogP contribution in [0.1, 0.15) is 25.7 Å². The standard InChI is InChI=1S/C18H16ClF2N7/c19-14-9-22-15-2-1-13(27-28(14)15)11-7-23-16-12(11)8-24-17(26-16)25-10-3-5-18(20,21)6-4-10/h1-2,7-10H,3-6H2,(H2,23,24,25,26). The van der Waals surface area contributed by atoms with Gasteiger partial charge in [0.2, 0.25) is 11.9 Å². The lowest BCUT2D eigenvalue weighted by atomic mass is 9.92. The van der Waals surface area contributed by atoms with E-state index in [9.17, 15) is 8.78 Å². The van der Waals surface area contributed by atoms with Crippen LogP contribution in [0.25, 0.3) is 27.9 Å². The smallest absolute Gasteiger partial charge is 0.248 e. The maximum Gasteiger partial charge on any atom is 0.248 e. The van der Waals surface area contributed by atoms with Crippen molar-refractivity contribution in [2.75, 3.05) is 5.32 Å². The maximum atomic E-state index is 13.3. The minimum absolute atomic E-state index is 0.0426. The van der Waals surface area contributed by atoms with Gasteiger partial charge in [0.25, 0.3) is 0 Å². The molecule has 0 saturated heterocycles. The van der Waals surface area contributed by atoms with E-state index in [1.54, 1.807) is 16.9 Å². The lowest BCUT2D eigenvalue weighted by molar-refractivity contribution is -0.0361. The monoisotopic (exact) mass is 403 g/mol. The Kier molecular flexibility index (Phi) is 3.94. The number of anilines is 1. The van der Waals surface area contributed by atoms with E-state index >= 15 is 0 Å². The summed E-state index contributed by atoms with van der Waals surface area (Å²) in [6, 6.07) is 3.65. The zero-order valence-electron chi connectivity index (χ0n) is 14.7. The fourth-order valence-electron chi connectivity index (χ4n) is 3.54. The number of hydrogen-bond acceptors (Lipinski definition) is 5. The topological polar surface area (TPSA) is 83.8 Å². The van der Waals surface area contributed by atoms with E-state index in [1.165, 1.54) is 0 Å². The van der Waals surface area contributed by atoms with E-state index in [0.717, 1.165) is 10.9 Å². The lowest BCUT2D eigenvalue weighted by Gasteiger charge is -2.28. The molecule has 0 aromatic carbocycles. The summed E-state index contributed by atoms with van der Waals surface area (Å²) in [6.07, 6.45) is 5.65. The zero-order valence-corrected chi connectivity index (χ0v) is 15.4. The molecular formula is C18H16ClF2N7. The van der Waals surface area contributed by atoms with Gasteiger partial charge in [-0.25, -0.2) is 23.3 Å². The highest BCUT2D eigenvalue weighted by atomic mass is 35.5. The Morgan fingerprint density at radius 1 is 1.18 bits per heavy atom. The molecular weight excluding hydrogens is 388 g/mol. The Morgan fingerprint density at radius 3 is 2.82 bits per heavy atom. The molecule has 5 rings (SSSR count). The zero-order chi connectivity index (χ0) is 19.3. The van der Waals surface area contributed by atoms with Gasteiger partial charge in [0.1, 0.15) is 5.65 Å². The molecule has 1 saturated carbocycles. The number of hydrogen-bond donors (Lipinski definition) is 2. The summed E-state index contributed by atoms with van der Waals surface area (Å²) in [5, 5.41) is 8.92. The van der Waals surface area contributed by atoms with Crippen LogP contribution in [0.4, 0.5) is 14.7 Å². The van der Waals surface area contributed by atoms with Crippen LogP contribution in [0.3, 0.4) is 0 Å². The van der Waals surface area contributed by atoms with Gasteiger partial charge in [0.05, 0.1) is 11.9 Å². The van der Waals surface area contributed by atoms with Crippen molar-refractivity contribution in [1.29, 1.82) is 0 Å². The van der Waals surface area contributed by atoms with Crippen LogP contribution in [0.2, 0.25) is 5.15 Å². The third kappa shape index (κ3) is 3.05. The van der Waals surface area contributed by atoms with E-state index in [-0.39, 0.29) is 18.9 Å². The van der Waals surface area contributed by atoms with Crippen LogP contribution in [0.5, 0.6) is 0 Å². The average Bonchev–Trinajstić information content (AvgIpc) is 3.27. The van der Waals surface area contributed by atoms with Crippen molar-refractivity contribution in [3.8, 4) is 11.3 Å². The Hall–Kier alpha value is -2.81. The van der Waals surface area contributed by atoms with Crippen molar-refractivity contribution in [2.45, 2.75) is 37.6 Å². The molecule has 0 aliphatic heterocycles. The second-order valence-corrected chi connectivity index (χ2v) is 7.39. The molecule has 0 radical (unpaired) electrons. The van der Waals surface area contributed by atoms with E-state index < -0.39 is 5.92 Å². The van der Waals surface area contributed by atoms with Crippen LogP contribution in [-0.2, 0) is 0 Å². The summed E-state index contributed by atoms with van der Waals surface area (Å²) < 4.78 is 28.2. The van der Waals surface area contributed by atoms with Gasteiger partial charge in [-0.15, -0.1) is 0 Å². The highest BCUT2D eigenvalue weighted by molar-refractivity contribution is 6.29. The Labute approximate surface area is 163 Å². The second kappa shape index (κ2) is 6.37. The minimum atomic E-state index is -2.55. The van der Waals surface area contributed by atoms with Gasteiger partial charge in [-0.2, -0.15) is 10.1 Å². The molecule has 1 aliphatic carbocycles. The molecule has 10 heteroatoms. The number of aromatic amines is 1. The first-order valence-corrected chi connectivity index (χ1v) is 9.35. The second-order valence-electron chi connectivity index (χ2n) is 7.00. The number of alkyl halides is 2. The molecule has 4 aromatic rings. The normalized spacial score (nSPS) is 17.4. The van der Waals surface area contributed by atoms with Crippen molar-refractivity contribution < 1.29 is 8.78 Å². The number of rotatable bonds is 3. The highest BCUT2D eigenvalue weighted by Crippen LogP contribution is 2.34. The molecule has 0 unspecified atom stereocenters. The Morgan fingerprint density at radius 2 is 2.00 bits per heavy atom. The summed E-state index contributed by atoms with van der Waals surface area (Å²) in [4.78, 5) is 16.1. The highest BCUT2D eigenvalue weighted by Gasteiger charge is 2.35. The number of H-pyrrole nitrogens is 1. The van der Waals surface area contributed by atoms with Crippen molar-refractivity contribution in [1.82, 2.24) is 29.5 Å². The number of nitrogens with zero attached hydrogens (tertiary/aromatic N) is 5. The van der Waals surface area contributed by atoms with Crippen molar-refractivity contribution in [2.24, 2.45) is 0 Å². The Balaban J connectivity index is 1.42. The molecule has 144 valence electrons. The van der Waals surface area contributed by atoms with Crippen molar-refractivity contribution >= 4 is 34.2 Å². The number of fused-ring (bicyclic) bond motifs is 2. The number of aromatic nitrogens is 6. The molecule has 0 spiro atoms. The minimum Gasteiger partial charge on any atom is -0.351 e. The molecule has 28 heavy (non-hydrogen) atoms. The molecule has 0 atom stereocenters. The summed E-state index contributed by atoms with van der Waals surface area (Å²) in [6.45, 7) is 0. The van der Waals surface area contributed by atoms with Crippen LogP contribution < -0.4 is 5.32 Å². The molecule has 0 bridgehead atoms. The van der Waals surface area contributed by atoms with Gasteiger partial charge in [0, 0.05) is 42.2 Å². The van der Waals surface area contributed by atoms with Gasteiger partial charge in [-0.05, 0) is 25.0 Å². The van der Waals surface area contributed by atoms with Crippen LogP contribution in [0.15, 0.2) is 30.7 Å². The number of nitrogens with one attached hydrogen (secondary N) is 2. The summed E-state index contributed by atoms with van der Waals surface area (Å²) in [5.74, 6) is -2.12. The fourth-order valence-corrected chi connectivity index (χ4v) is 3.72. The predicted octanol–water partition coefficient (Wildman–Crippen LogP) is 4.31. The molecule has 4 aromatic heterocycles. The first kappa shape index (κ1) is 17.3. The summed E-state index contributed by atoms with van der Waals surface area (Å²) in [5.41, 5.74) is 2.85. The van der Waals surface area contributed by atoms with Gasteiger partial charge < -0.3 is 10.3 Å². The number of halogens is 3. The largest absolute Gasteiger partial charge is 0.351 e. The SMILES string of the molecule is FC1(F)CCC(Nc2ncc3c(-c4ccc5ncc(Cl)n5n4)c[nH]c3n2)CC1. The third-order valence-corrected chi connectivity index (χ3v) is 5.34. The first-order valence-electron chi connectivity index (χ1n) is 8.98. The molecule has 2 N–H and O–H groups in total. The molecule has 7 nitrogen and oxygen atoms in total. The number of imidazole rings is 1. The third-order valence-electron chi connectivity index (χ3n) is 5.08. The molecule has 1 aliphatic rings. The van der Waals surface area contributed by atoms with E-state index in [4.69, 9.17) is 11.6 Å².